The first-order chi connectivity index (χ1) is 9.11. The topological polar surface area (TPSA) is 63.7 Å². The van der Waals surface area contributed by atoms with Gasteiger partial charge in [0.25, 0.3) is 0 Å². The van der Waals surface area contributed by atoms with Crippen molar-refractivity contribution in [3.05, 3.63) is 35.9 Å². The van der Waals surface area contributed by atoms with Gasteiger partial charge in [0.05, 0.1) is 20.1 Å². The molecule has 0 aromatic heterocycles. The lowest BCUT2D eigenvalue weighted by Gasteiger charge is -2.21. The van der Waals surface area contributed by atoms with Crippen molar-refractivity contribution in [3.8, 4) is 0 Å². The first kappa shape index (κ1) is 13.3. The Bertz CT molecular complexity index is 497. The number of hydrogen-bond donors (Lipinski definition) is 0. The number of esters is 1. The molecular formula is C14H15NO4. The lowest BCUT2D eigenvalue weighted by Crippen LogP contribution is -2.41. The van der Waals surface area contributed by atoms with Crippen LogP contribution in [0.2, 0.25) is 0 Å². The van der Waals surface area contributed by atoms with Crippen molar-refractivity contribution >= 4 is 17.7 Å². The minimum atomic E-state index is -0.770. The Hall–Kier alpha value is -2.17. The fourth-order valence-electron chi connectivity index (χ4n) is 2.17. The van der Waals surface area contributed by atoms with E-state index in [1.807, 2.05) is 30.3 Å². The van der Waals surface area contributed by atoms with Crippen molar-refractivity contribution < 1.29 is 19.1 Å². The van der Waals surface area contributed by atoms with Crippen molar-refractivity contribution in [2.45, 2.75) is 18.9 Å². The monoisotopic (exact) mass is 261 g/mol. The van der Waals surface area contributed by atoms with E-state index in [1.54, 1.807) is 0 Å². The second-order valence-corrected chi connectivity index (χ2v) is 4.47. The van der Waals surface area contributed by atoms with E-state index in [1.165, 1.54) is 12.0 Å². The van der Waals surface area contributed by atoms with Gasteiger partial charge in [0.1, 0.15) is 6.04 Å². The van der Waals surface area contributed by atoms with Gasteiger partial charge in [0.15, 0.2) is 5.78 Å². The number of rotatable bonds is 3. The molecule has 0 saturated carbocycles. The second-order valence-electron chi connectivity index (χ2n) is 4.47. The van der Waals surface area contributed by atoms with Crippen LogP contribution in [0.4, 0.5) is 0 Å². The van der Waals surface area contributed by atoms with E-state index in [-0.39, 0.29) is 31.1 Å². The molecule has 0 spiro atoms. The van der Waals surface area contributed by atoms with E-state index < -0.39 is 12.0 Å². The molecule has 1 amide bonds. The third-order valence-corrected chi connectivity index (χ3v) is 3.14. The molecule has 0 aliphatic carbocycles. The number of methoxy groups -OCH3 is 1. The quantitative estimate of drug-likeness (QED) is 0.746. The molecule has 5 heteroatoms. The standard InChI is InChI=1S/C14H15NO4/c1-19-14(18)12-8-11(16)9-15(12)13(17)7-10-5-3-2-4-6-10/h2-6,12H,7-9H2,1H3/t12-/m1/s1. The third kappa shape index (κ3) is 2.99. The van der Waals surface area contributed by atoms with Gasteiger partial charge in [-0.05, 0) is 5.56 Å². The number of hydrogen-bond acceptors (Lipinski definition) is 4. The largest absolute Gasteiger partial charge is 0.467 e. The number of ether oxygens (including phenoxy) is 1. The number of carbonyl (C=O) groups is 3. The van der Waals surface area contributed by atoms with Crippen LogP contribution in [0.1, 0.15) is 12.0 Å². The maximum atomic E-state index is 12.2. The SMILES string of the molecule is COC(=O)[C@H]1CC(=O)CN1C(=O)Cc1ccccc1. The molecule has 1 saturated heterocycles. The fraction of sp³-hybridized carbons (Fsp3) is 0.357. The van der Waals surface area contributed by atoms with Crippen LogP contribution in [0.5, 0.6) is 0 Å². The fourth-order valence-corrected chi connectivity index (χ4v) is 2.17. The van der Waals surface area contributed by atoms with Gasteiger partial charge in [-0.1, -0.05) is 30.3 Å². The molecular weight excluding hydrogens is 246 g/mol. The molecule has 100 valence electrons. The third-order valence-electron chi connectivity index (χ3n) is 3.14. The first-order valence-electron chi connectivity index (χ1n) is 6.04. The van der Waals surface area contributed by atoms with E-state index in [0.29, 0.717) is 0 Å². The van der Waals surface area contributed by atoms with Gasteiger partial charge in [-0.15, -0.1) is 0 Å². The Labute approximate surface area is 111 Å². The number of benzene rings is 1. The Morgan fingerprint density at radius 2 is 2.00 bits per heavy atom. The zero-order chi connectivity index (χ0) is 13.8. The molecule has 5 nitrogen and oxygen atoms in total. The smallest absolute Gasteiger partial charge is 0.329 e. The van der Waals surface area contributed by atoms with Crippen LogP contribution in [-0.4, -0.2) is 42.3 Å². The molecule has 1 fully saturated rings. The zero-order valence-electron chi connectivity index (χ0n) is 10.7. The predicted molar refractivity (Wildman–Crippen MR) is 67.3 cm³/mol. The van der Waals surface area contributed by atoms with E-state index >= 15 is 0 Å². The van der Waals surface area contributed by atoms with Crippen LogP contribution in [0.3, 0.4) is 0 Å². The Balaban J connectivity index is 2.09. The van der Waals surface area contributed by atoms with Crippen LogP contribution in [-0.2, 0) is 25.5 Å². The van der Waals surface area contributed by atoms with Gasteiger partial charge in [0.2, 0.25) is 5.91 Å². The number of ketones is 1. The molecule has 1 aromatic rings. The molecule has 1 aliphatic rings. The summed E-state index contributed by atoms with van der Waals surface area (Å²) in [5.74, 6) is -0.878. The van der Waals surface area contributed by atoms with Crippen LogP contribution in [0.25, 0.3) is 0 Å². The highest BCUT2D eigenvalue weighted by molar-refractivity contribution is 5.97. The van der Waals surface area contributed by atoms with Crippen molar-refractivity contribution in [2.24, 2.45) is 0 Å². The summed E-state index contributed by atoms with van der Waals surface area (Å²) in [5.41, 5.74) is 0.857. The summed E-state index contributed by atoms with van der Waals surface area (Å²) in [6.07, 6.45) is 0.231. The van der Waals surface area contributed by atoms with Crippen LogP contribution >= 0.6 is 0 Å². The first-order valence-corrected chi connectivity index (χ1v) is 6.04. The molecule has 1 aromatic carbocycles. The number of nitrogens with zero attached hydrogens (tertiary/aromatic N) is 1. The van der Waals surface area contributed by atoms with Gasteiger partial charge in [-0.25, -0.2) is 4.79 Å². The molecule has 1 aliphatic heterocycles. The highest BCUT2D eigenvalue weighted by Gasteiger charge is 2.39. The maximum Gasteiger partial charge on any atom is 0.329 e. The van der Waals surface area contributed by atoms with E-state index in [4.69, 9.17) is 0 Å². The van der Waals surface area contributed by atoms with Gasteiger partial charge < -0.3 is 9.64 Å². The lowest BCUT2D eigenvalue weighted by molar-refractivity contribution is -0.150. The average molecular weight is 261 g/mol. The number of Topliss-reactive ketones (excluding diaryl/α,β-unsaturated/α-hetero) is 1. The molecule has 1 heterocycles. The summed E-state index contributed by atoms with van der Waals surface area (Å²) in [4.78, 5) is 36.5. The summed E-state index contributed by atoms with van der Waals surface area (Å²) in [7, 11) is 1.25. The summed E-state index contributed by atoms with van der Waals surface area (Å²) in [6.45, 7) is -0.00850. The van der Waals surface area contributed by atoms with Crippen LogP contribution in [0, 0.1) is 0 Å². The van der Waals surface area contributed by atoms with E-state index in [9.17, 15) is 14.4 Å². The van der Waals surface area contributed by atoms with Crippen molar-refractivity contribution in [3.63, 3.8) is 0 Å². The molecule has 1 atom stereocenters. The second kappa shape index (κ2) is 5.65. The number of amides is 1. The zero-order valence-corrected chi connectivity index (χ0v) is 10.7. The summed E-state index contributed by atoms with van der Waals surface area (Å²) in [6, 6.07) is 8.45. The molecule has 0 N–H and O–H groups in total. The highest BCUT2D eigenvalue weighted by atomic mass is 16.5. The van der Waals surface area contributed by atoms with Gasteiger partial charge in [-0.3, -0.25) is 9.59 Å². The lowest BCUT2D eigenvalue weighted by atomic mass is 10.1. The van der Waals surface area contributed by atoms with E-state index in [2.05, 4.69) is 4.74 Å². The average Bonchev–Trinajstić information content (AvgIpc) is 2.81. The number of carbonyl (C=O) groups excluding carboxylic acids is 3. The van der Waals surface area contributed by atoms with E-state index in [0.717, 1.165) is 5.56 Å². The Kier molecular flexibility index (Phi) is 3.94. The van der Waals surface area contributed by atoms with Crippen molar-refractivity contribution in [1.29, 1.82) is 0 Å². The van der Waals surface area contributed by atoms with Crippen molar-refractivity contribution in [1.82, 2.24) is 4.90 Å². The molecule has 0 radical (unpaired) electrons. The molecule has 0 bridgehead atoms. The normalized spacial score (nSPS) is 18.5. The summed E-state index contributed by atoms with van der Waals surface area (Å²) < 4.78 is 4.63. The summed E-state index contributed by atoms with van der Waals surface area (Å²) >= 11 is 0. The van der Waals surface area contributed by atoms with Crippen LogP contribution in [0.15, 0.2) is 30.3 Å². The molecule has 19 heavy (non-hydrogen) atoms. The Morgan fingerprint density at radius 1 is 1.32 bits per heavy atom. The minimum Gasteiger partial charge on any atom is -0.467 e. The number of likely N-dealkylation sites (tertiary alicyclic amines) is 1. The van der Waals surface area contributed by atoms with Gasteiger partial charge in [0, 0.05) is 6.42 Å². The molecule has 0 unspecified atom stereocenters. The Morgan fingerprint density at radius 3 is 2.63 bits per heavy atom. The van der Waals surface area contributed by atoms with Crippen LogP contribution < -0.4 is 0 Å². The highest BCUT2D eigenvalue weighted by Crippen LogP contribution is 2.17. The summed E-state index contributed by atoms with van der Waals surface area (Å²) in [5, 5.41) is 0. The van der Waals surface area contributed by atoms with Gasteiger partial charge >= 0.3 is 5.97 Å². The molecule has 2 rings (SSSR count). The van der Waals surface area contributed by atoms with Crippen molar-refractivity contribution in [2.75, 3.05) is 13.7 Å². The predicted octanol–water partition coefficient (Wildman–Crippen LogP) is 0.572. The minimum absolute atomic E-state index is 0.00850. The van der Waals surface area contributed by atoms with Gasteiger partial charge in [-0.2, -0.15) is 0 Å². The maximum absolute atomic E-state index is 12.2.